The minimum Gasteiger partial charge on any atom is -0.351 e. The fourth-order valence-electron chi connectivity index (χ4n) is 2.85. The molecular formula is C23H28N4OS. The summed E-state index contributed by atoms with van der Waals surface area (Å²) in [5.74, 6) is 0.748. The van der Waals surface area contributed by atoms with Crippen LogP contribution >= 0.6 is 11.8 Å². The van der Waals surface area contributed by atoms with Gasteiger partial charge in [0.05, 0.1) is 5.25 Å². The first-order valence-corrected chi connectivity index (χ1v) is 10.6. The van der Waals surface area contributed by atoms with Crippen molar-refractivity contribution in [2.75, 3.05) is 0 Å². The summed E-state index contributed by atoms with van der Waals surface area (Å²) >= 11 is 1.41. The van der Waals surface area contributed by atoms with Crippen LogP contribution in [0.25, 0.3) is 17.1 Å². The standard InChI is InChI=1S/C23H28N4OS/c1-15-7-11-18(12-8-15)20-25-26-22(27(20)19-13-9-16(2)10-14-19)29-17(3)21(28)24-23(4,5)6/h7-14,17H,1-6H3,(H,24,28). The largest absolute Gasteiger partial charge is 0.351 e. The van der Waals surface area contributed by atoms with Crippen LogP contribution in [-0.4, -0.2) is 31.5 Å². The monoisotopic (exact) mass is 408 g/mol. The van der Waals surface area contributed by atoms with Crippen molar-refractivity contribution in [2.24, 2.45) is 0 Å². The Hall–Kier alpha value is -2.60. The number of nitrogens with zero attached hydrogens (tertiary/aromatic N) is 3. The fourth-order valence-corrected chi connectivity index (χ4v) is 3.71. The zero-order valence-corrected chi connectivity index (χ0v) is 18.7. The van der Waals surface area contributed by atoms with Gasteiger partial charge >= 0.3 is 0 Å². The molecule has 3 rings (SSSR count). The van der Waals surface area contributed by atoms with Gasteiger partial charge in [-0.25, -0.2) is 0 Å². The van der Waals surface area contributed by atoms with Crippen molar-refractivity contribution in [1.29, 1.82) is 0 Å². The summed E-state index contributed by atoms with van der Waals surface area (Å²) in [5, 5.41) is 12.3. The topological polar surface area (TPSA) is 59.8 Å². The molecule has 1 unspecified atom stereocenters. The molecule has 1 N–H and O–H groups in total. The molecule has 0 radical (unpaired) electrons. The Bertz CT molecular complexity index is 985. The minimum atomic E-state index is -0.298. The second-order valence-electron chi connectivity index (χ2n) is 8.34. The maximum absolute atomic E-state index is 12.6. The summed E-state index contributed by atoms with van der Waals surface area (Å²) in [4.78, 5) is 12.6. The summed E-state index contributed by atoms with van der Waals surface area (Å²) in [6, 6.07) is 16.5. The van der Waals surface area contributed by atoms with Gasteiger partial charge in [-0.15, -0.1) is 10.2 Å². The van der Waals surface area contributed by atoms with Crippen molar-refractivity contribution in [3.8, 4) is 17.1 Å². The van der Waals surface area contributed by atoms with E-state index >= 15 is 0 Å². The predicted molar refractivity (Wildman–Crippen MR) is 119 cm³/mol. The molecule has 0 fully saturated rings. The molecule has 152 valence electrons. The smallest absolute Gasteiger partial charge is 0.233 e. The van der Waals surface area contributed by atoms with Crippen LogP contribution < -0.4 is 5.32 Å². The van der Waals surface area contributed by atoms with Crippen molar-refractivity contribution in [3.05, 3.63) is 59.7 Å². The van der Waals surface area contributed by atoms with E-state index in [0.29, 0.717) is 5.16 Å². The van der Waals surface area contributed by atoms with Crippen LogP contribution in [-0.2, 0) is 4.79 Å². The molecule has 6 heteroatoms. The summed E-state index contributed by atoms with van der Waals surface area (Å²) in [6.45, 7) is 12.0. The molecule has 0 aliphatic heterocycles. The van der Waals surface area contributed by atoms with E-state index in [1.165, 1.54) is 22.9 Å². The molecule has 2 aromatic carbocycles. The highest BCUT2D eigenvalue weighted by molar-refractivity contribution is 8.00. The predicted octanol–water partition coefficient (Wildman–Crippen LogP) is 4.95. The van der Waals surface area contributed by atoms with Gasteiger partial charge in [0.25, 0.3) is 0 Å². The lowest BCUT2D eigenvalue weighted by Gasteiger charge is -2.23. The number of benzene rings is 2. The number of carbonyl (C=O) groups excluding carboxylic acids is 1. The Morgan fingerprint density at radius 1 is 0.966 bits per heavy atom. The summed E-state index contributed by atoms with van der Waals surface area (Å²) in [7, 11) is 0. The Morgan fingerprint density at radius 3 is 2.07 bits per heavy atom. The molecule has 1 amide bonds. The first kappa shape index (κ1) is 21.1. The SMILES string of the molecule is Cc1ccc(-c2nnc(SC(C)C(=O)NC(C)(C)C)n2-c2ccc(C)cc2)cc1. The van der Waals surface area contributed by atoms with E-state index in [1.807, 2.05) is 44.4 Å². The van der Waals surface area contributed by atoms with Gasteiger partial charge in [0.15, 0.2) is 11.0 Å². The first-order valence-electron chi connectivity index (χ1n) is 9.72. The molecule has 29 heavy (non-hydrogen) atoms. The van der Waals surface area contributed by atoms with E-state index in [1.54, 1.807) is 0 Å². The van der Waals surface area contributed by atoms with Crippen molar-refractivity contribution < 1.29 is 4.79 Å². The number of hydrogen-bond donors (Lipinski definition) is 1. The minimum absolute atomic E-state index is 0.0159. The second kappa shape index (κ2) is 8.41. The molecule has 5 nitrogen and oxygen atoms in total. The fraction of sp³-hybridized carbons (Fsp3) is 0.348. The van der Waals surface area contributed by atoms with Crippen molar-refractivity contribution in [3.63, 3.8) is 0 Å². The quantitative estimate of drug-likeness (QED) is 0.607. The first-order chi connectivity index (χ1) is 13.6. The van der Waals surface area contributed by atoms with E-state index in [4.69, 9.17) is 0 Å². The van der Waals surface area contributed by atoms with Crippen LogP contribution in [0.3, 0.4) is 0 Å². The van der Waals surface area contributed by atoms with E-state index in [9.17, 15) is 4.79 Å². The Morgan fingerprint density at radius 2 is 1.52 bits per heavy atom. The van der Waals surface area contributed by atoms with Gasteiger partial charge in [-0.3, -0.25) is 9.36 Å². The highest BCUT2D eigenvalue weighted by Gasteiger charge is 2.24. The third kappa shape index (κ3) is 5.26. The van der Waals surface area contributed by atoms with Crippen molar-refractivity contribution in [1.82, 2.24) is 20.1 Å². The van der Waals surface area contributed by atoms with Gasteiger partial charge in [0, 0.05) is 16.8 Å². The van der Waals surface area contributed by atoms with Gasteiger partial charge in [-0.05, 0) is 53.7 Å². The van der Waals surface area contributed by atoms with Crippen LogP contribution in [0.2, 0.25) is 0 Å². The van der Waals surface area contributed by atoms with Gasteiger partial charge in [0.2, 0.25) is 5.91 Å². The summed E-state index contributed by atoms with van der Waals surface area (Å²) in [5.41, 5.74) is 4.07. The lowest BCUT2D eigenvalue weighted by molar-refractivity contribution is -0.121. The lowest BCUT2D eigenvalue weighted by Crippen LogP contribution is -2.44. The number of hydrogen-bond acceptors (Lipinski definition) is 4. The lowest BCUT2D eigenvalue weighted by atomic mass is 10.1. The Balaban J connectivity index is 2.00. The van der Waals surface area contributed by atoms with Crippen LogP contribution in [0, 0.1) is 13.8 Å². The number of aryl methyl sites for hydroxylation is 2. The van der Waals surface area contributed by atoms with E-state index in [-0.39, 0.29) is 16.7 Å². The van der Waals surface area contributed by atoms with Crippen LogP contribution in [0.5, 0.6) is 0 Å². The van der Waals surface area contributed by atoms with Gasteiger partial charge in [0.1, 0.15) is 0 Å². The molecule has 1 atom stereocenters. The maximum Gasteiger partial charge on any atom is 0.233 e. The summed E-state index contributed by atoms with van der Waals surface area (Å²) in [6.07, 6.45) is 0. The normalized spacial score (nSPS) is 12.6. The highest BCUT2D eigenvalue weighted by Crippen LogP contribution is 2.30. The Labute approximate surface area is 176 Å². The third-order valence-electron chi connectivity index (χ3n) is 4.38. The number of amides is 1. The average molecular weight is 409 g/mol. The van der Waals surface area contributed by atoms with E-state index in [2.05, 4.69) is 65.8 Å². The number of nitrogens with one attached hydrogen (secondary N) is 1. The number of aromatic nitrogens is 3. The molecule has 0 spiro atoms. The van der Waals surface area contributed by atoms with Crippen LogP contribution in [0.1, 0.15) is 38.8 Å². The van der Waals surface area contributed by atoms with Gasteiger partial charge < -0.3 is 5.32 Å². The molecule has 3 aromatic rings. The van der Waals surface area contributed by atoms with E-state index in [0.717, 1.165) is 17.1 Å². The van der Waals surface area contributed by atoms with Crippen LogP contribution in [0.15, 0.2) is 53.7 Å². The maximum atomic E-state index is 12.6. The molecular weight excluding hydrogens is 380 g/mol. The number of carbonyl (C=O) groups is 1. The summed E-state index contributed by atoms with van der Waals surface area (Å²) < 4.78 is 2.02. The van der Waals surface area contributed by atoms with Crippen molar-refractivity contribution in [2.45, 2.75) is 57.5 Å². The molecule has 0 saturated heterocycles. The molecule has 0 saturated carbocycles. The van der Waals surface area contributed by atoms with Crippen molar-refractivity contribution >= 4 is 17.7 Å². The number of thioether (sulfide) groups is 1. The molecule has 0 aliphatic rings. The highest BCUT2D eigenvalue weighted by atomic mass is 32.2. The Kier molecular flexibility index (Phi) is 6.13. The second-order valence-corrected chi connectivity index (χ2v) is 9.65. The third-order valence-corrected chi connectivity index (χ3v) is 5.43. The zero-order valence-electron chi connectivity index (χ0n) is 17.9. The molecule has 0 bridgehead atoms. The molecule has 1 heterocycles. The molecule has 1 aromatic heterocycles. The average Bonchev–Trinajstić information content (AvgIpc) is 3.05. The van der Waals surface area contributed by atoms with Gasteiger partial charge in [-0.1, -0.05) is 59.3 Å². The zero-order chi connectivity index (χ0) is 21.2. The van der Waals surface area contributed by atoms with E-state index < -0.39 is 0 Å². The van der Waals surface area contributed by atoms with Gasteiger partial charge in [-0.2, -0.15) is 0 Å². The number of rotatable bonds is 5. The molecule has 0 aliphatic carbocycles. The van der Waals surface area contributed by atoms with Crippen LogP contribution in [0.4, 0.5) is 0 Å².